The van der Waals surface area contributed by atoms with Crippen LogP contribution in [0, 0.1) is 0 Å². The van der Waals surface area contributed by atoms with Crippen molar-refractivity contribution in [2.75, 3.05) is 20.6 Å². The minimum atomic E-state index is -1.72. The van der Waals surface area contributed by atoms with Gasteiger partial charge in [-0.15, -0.1) is 0 Å². The van der Waals surface area contributed by atoms with E-state index in [0.29, 0.717) is 6.42 Å². The summed E-state index contributed by atoms with van der Waals surface area (Å²) in [6.45, 7) is 0.289. The lowest BCUT2D eigenvalue weighted by Gasteiger charge is -2.24. The Kier molecular flexibility index (Phi) is 9.48. The zero-order valence-electron chi connectivity index (χ0n) is 17.6. The van der Waals surface area contributed by atoms with E-state index in [4.69, 9.17) is 0 Å². The summed E-state index contributed by atoms with van der Waals surface area (Å²) in [5.74, 6) is -1.74. The topological polar surface area (TPSA) is 112 Å². The maximum Gasteiger partial charge on any atom is 0.251 e. The third-order valence-corrected chi connectivity index (χ3v) is 5.10. The summed E-state index contributed by atoms with van der Waals surface area (Å²) in [7, 11) is 3.17. The Morgan fingerprint density at radius 2 is 1.74 bits per heavy atom. The molecule has 3 atom stereocenters. The van der Waals surface area contributed by atoms with Gasteiger partial charge in [0, 0.05) is 45.4 Å². The zero-order valence-corrected chi connectivity index (χ0v) is 18.5. The number of amides is 3. The molecule has 0 fully saturated rings. The van der Waals surface area contributed by atoms with Crippen molar-refractivity contribution in [2.45, 2.75) is 30.2 Å². The molecule has 9 heteroatoms. The number of carbonyl (C=O) groups is 3. The number of nitrogens with zero attached hydrogens (tertiary/aromatic N) is 2. The van der Waals surface area contributed by atoms with Crippen molar-refractivity contribution < 1.29 is 19.5 Å². The Bertz CT molecular complexity index is 864. The fraction of sp³-hybridized carbons (Fsp3) is 0.364. The summed E-state index contributed by atoms with van der Waals surface area (Å²) in [4.78, 5) is 42.9. The molecule has 166 valence electrons. The normalized spacial score (nSPS) is 13.5. The van der Waals surface area contributed by atoms with Crippen LogP contribution in [-0.4, -0.2) is 70.7 Å². The summed E-state index contributed by atoms with van der Waals surface area (Å²) in [5, 5.41) is 14.2. The molecule has 0 aliphatic heterocycles. The second-order valence-corrected chi connectivity index (χ2v) is 7.79. The molecule has 0 aliphatic rings. The predicted octanol–water partition coefficient (Wildman–Crippen LogP) is 0.215. The van der Waals surface area contributed by atoms with Crippen molar-refractivity contribution in [2.24, 2.45) is 0 Å². The van der Waals surface area contributed by atoms with Gasteiger partial charge in [-0.25, -0.2) is 0 Å². The van der Waals surface area contributed by atoms with Crippen molar-refractivity contribution >= 4 is 30.4 Å². The molecule has 8 nitrogen and oxygen atoms in total. The lowest BCUT2D eigenvalue weighted by Crippen LogP contribution is -2.54. The van der Waals surface area contributed by atoms with Gasteiger partial charge >= 0.3 is 0 Å². The monoisotopic (exact) mass is 444 g/mol. The fourth-order valence-electron chi connectivity index (χ4n) is 2.87. The van der Waals surface area contributed by atoms with Gasteiger partial charge in [0.2, 0.25) is 11.8 Å². The molecular formula is C22H28N4O4S. The van der Waals surface area contributed by atoms with Crippen LogP contribution in [0.2, 0.25) is 0 Å². The second-order valence-electron chi connectivity index (χ2n) is 7.24. The number of thiol groups is 1. The first-order valence-corrected chi connectivity index (χ1v) is 10.4. The third kappa shape index (κ3) is 7.69. The summed E-state index contributed by atoms with van der Waals surface area (Å²) >= 11 is 4.10. The Labute approximate surface area is 187 Å². The highest BCUT2D eigenvalue weighted by atomic mass is 32.1. The van der Waals surface area contributed by atoms with Gasteiger partial charge in [-0.05, 0) is 17.7 Å². The van der Waals surface area contributed by atoms with Crippen molar-refractivity contribution in [3.05, 3.63) is 66.0 Å². The van der Waals surface area contributed by atoms with Gasteiger partial charge in [0.1, 0.15) is 11.3 Å². The lowest BCUT2D eigenvalue weighted by molar-refractivity contribution is -0.138. The summed E-state index contributed by atoms with van der Waals surface area (Å²) < 4.78 is 0. The van der Waals surface area contributed by atoms with Crippen LogP contribution in [0.1, 0.15) is 11.3 Å². The molecule has 0 spiro atoms. The maximum atomic E-state index is 12.5. The number of rotatable bonds is 10. The van der Waals surface area contributed by atoms with Crippen molar-refractivity contribution in [1.29, 1.82) is 0 Å². The third-order valence-electron chi connectivity index (χ3n) is 4.58. The SMILES string of the molecule is CN(C)C(=O)[C@H](Cc1ccccc1)NC(=O)[C@@H](O)[C@@H](S)C(=O)NCCc1ccccn1. The summed E-state index contributed by atoms with van der Waals surface area (Å²) in [6, 6.07) is 13.8. The molecule has 1 aromatic carbocycles. The van der Waals surface area contributed by atoms with Gasteiger partial charge in [-0.1, -0.05) is 36.4 Å². The van der Waals surface area contributed by atoms with Crippen LogP contribution in [-0.2, 0) is 27.2 Å². The standard InChI is InChI=1S/C22H28N4O4S/c1-26(2)22(30)17(14-15-8-4-3-5-9-15)25-20(28)18(27)19(31)21(29)24-13-11-16-10-6-7-12-23-16/h3-10,12,17-19,27,31H,11,13-14H2,1-2H3,(H,24,29)(H,25,28)/t17-,18-,19+/m0/s1. The van der Waals surface area contributed by atoms with Crippen LogP contribution >= 0.6 is 12.6 Å². The highest BCUT2D eigenvalue weighted by molar-refractivity contribution is 7.81. The Morgan fingerprint density at radius 3 is 2.35 bits per heavy atom. The fourth-order valence-corrected chi connectivity index (χ4v) is 3.10. The average molecular weight is 445 g/mol. The van der Waals surface area contributed by atoms with Crippen molar-refractivity contribution in [3.8, 4) is 0 Å². The number of aromatic nitrogens is 1. The highest BCUT2D eigenvalue weighted by Crippen LogP contribution is 2.08. The van der Waals surface area contributed by atoms with Crippen molar-refractivity contribution in [3.63, 3.8) is 0 Å². The number of hydrogen-bond donors (Lipinski definition) is 4. The van der Waals surface area contributed by atoms with Gasteiger partial charge in [-0.2, -0.15) is 12.6 Å². The Morgan fingerprint density at radius 1 is 1.06 bits per heavy atom. The quantitative estimate of drug-likeness (QED) is 0.392. The largest absolute Gasteiger partial charge is 0.382 e. The van der Waals surface area contributed by atoms with Crippen LogP contribution < -0.4 is 10.6 Å². The molecule has 2 aromatic rings. The van der Waals surface area contributed by atoms with Gasteiger partial charge in [0.05, 0.1) is 0 Å². The number of nitrogens with one attached hydrogen (secondary N) is 2. The van der Waals surface area contributed by atoms with E-state index >= 15 is 0 Å². The van der Waals surface area contributed by atoms with Gasteiger partial charge < -0.3 is 20.6 Å². The molecule has 0 unspecified atom stereocenters. The number of aliphatic hydroxyl groups is 1. The maximum absolute atomic E-state index is 12.5. The molecule has 0 radical (unpaired) electrons. The summed E-state index contributed by atoms with van der Waals surface area (Å²) in [5.41, 5.74) is 1.66. The first-order valence-electron chi connectivity index (χ1n) is 9.88. The molecule has 2 rings (SSSR count). The van der Waals surface area contributed by atoms with Crippen LogP contribution in [0.15, 0.2) is 54.7 Å². The van der Waals surface area contributed by atoms with Gasteiger partial charge in [0.25, 0.3) is 5.91 Å². The first-order chi connectivity index (χ1) is 14.8. The Hall–Kier alpha value is -2.91. The van der Waals surface area contributed by atoms with Gasteiger partial charge in [-0.3, -0.25) is 19.4 Å². The number of carbonyl (C=O) groups excluding carboxylic acids is 3. The Balaban J connectivity index is 1.93. The van der Waals surface area contributed by atoms with E-state index in [-0.39, 0.29) is 18.9 Å². The van der Waals surface area contributed by atoms with E-state index in [0.717, 1.165) is 11.3 Å². The summed E-state index contributed by atoms with van der Waals surface area (Å²) in [6.07, 6.45) is 0.704. The molecular weight excluding hydrogens is 416 g/mol. The minimum Gasteiger partial charge on any atom is -0.382 e. The molecule has 1 heterocycles. The molecule has 0 aliphatic carbocycles. The molecule has 1 aromatic heterocycles. The van der Waals surface area contributed by atoms with Crippen LogP contribution in [0.4, 0.5) is 0 Å². The average Bonchev–Trinajstić information content (AvgIpc) is 2.78. The van der Waals surface area contributed by atoms with E-state index < -0.39 is 29.2 Å². The van der Waals surface area contributed by atoms with E-state index in [9.17, 15) is 19.5 Å². The number of likely N-dealkylation sites (N-methyl/N-ethyl adjacent to an activating group) is 1. The molecule has 0 saturated heterocycles. The van der Waals surface area contributed by atoms with Crippen LogP contribution in [0.5, 0.6) is 0 Å². The molecule has 0 bridgehead atoms. The lowest BCUT2D eigenvalue weighted by atomic mass is 10.0. The number of pyridine rings is 1. The second kappa shape index (κ2) is 12.1. The predicted molar refractivity (Wildman–Crippen MR) is 121 cm³/mol. The smallest absolute Gasteiger partial charge is 0.251 e. The van der Waals surface area contributed by atoms with Crippen LogP contribution in [0.3, 0.4) is 0 Å². The van der Waals surface area contributed by atoms with E-state index in [1.54, 1.807) is 26.4 Å². The van der Waals surface area contributed by atoms with Gasteiger partial charge in [0.15, 0.2) is 6.10 Å². The molecule has 0 saturated carbocycles. The molecule has 3 amide bonds. The van der Waals surface area contributed by atoms with E-state index in [1.165, 1.54) is 4.90 Å². The number of aliphatic hydroxyl groups excluding tert-OH is 1. The first kappa shape index (κ1) is 24.4. The molecule has 3 N–H and O–H groups in total. The van der Waals surface area contributed by atoms with E-state index in [2.05, 4.69) is 28.2 Å². The highest BCUT2D eigenvalue weighted by Gasteiger charge is 2.32. The van der Waals surface area contributed by atoms with Crippen molar-refractivity contribution in [1.82, 2.24) is 20.5 Å². The zero-order chi connectivity index (χ0) is 22.8. The number of hydrogen-bond acceptors (Lipinski definition) is 6. The number of benzene rings is 1. The van der Waals surface area contributed by atoms with E-state index in [1.807, 2.05) is 42.5 Å². The molecule has 31 heavy (non-hydrogen) atoms. The van der Waals surface area contributed by atoms with Crippen LogP contribution in [0.25, 0.3) is 0 Å². The minimum absolute atomic E-state index is 0.254.